The fourth-order valence-corrected chi connectivity index (χ4v) is 2.60. The number of carbonyl (C=O) groups excluding carboxylic acids is 2. The molecule has 0 radical (unpaired) electrons. The van der Waals surface area contributed by atoms with Gasteiger partial charge < -0.3 is 14.8 Å². The summed E-state index contributed by atoms with van der Waals surface area (Å²) >= 11 is 3.33. The smallest absolute Gasteiger partial charge is 0.240 e. The second-order valence-electron chi connectivity index (χ2n) is 6.43. The first kappa shape index (κ1) is 22.4. The lowest BCUT2D eigenvalue weighted by Gasteiger charge is -2.13. The lowest BCUT2D eigenvalue weighted by Crippen LogP contribution is -2.20. The summed E-state index contributed by atoms with van der Waals surface area (Å²) in [5, 5.41) is 6.66. The van der Waals surface area contributed by atoms with Crippen LogP contribution in [0.15, 0.2) is 52.0 Å². The molecule has 0 saturated heterocycles. The zero-order chi connectivity index (χ0) is 21.2. The van der Waals surface area contributed by atoms with Crippen molar-refractivity contribution in [3.05, 3.63) is 52.5 Å². The van der Waals surface area contributed by atoms with E-state index in [2.05, 4.69) is 31.8 Å². The Kier molecular flexibility index (Phi) is 8.67. The van der Waals surface area contributed by atoms with Gasteiger partial charge in [0, 0.05) is 23.0 Å². The number of amides is 2. The number of halogens is 1. The van der Waals surface area contributed by atoms with Crippen molar-refractivity contribution >= 4 is 39.6 Å². The standard InChI is InChI=1S/C21H24BrN3O4/c1-14(2)29-18-9-4-15(12-19(18)28-3)13-23-25-21(27)11-10-20(26)24-17-7-5-16(22)6-8-17/h4-9,12-14H,10-11H2,1-3H3,(H,24,26)(H,25,27)/b23-13+. The molecule has 0 aliphatic heterocycles. The van der Waals surface area contributed by atoms with Crippen LogP contribution in [0.2, 0.25) is 0 Å². The summed E-state index contributed by atoms with van der Waals surface area (Å²) in [6, 6.07) is 12.6. The summed E-state index contributed by atoms with van der Waals surface area (Å²) in [5.41, 5.74) is 3.83. The molecule has 0 heterocycles. The molecule has 2 rings (SSSR count). The minimum atomic E-state index is -0.348. The maximum Gasteiger partial charge on any atom is 0.240 e. The van der Waals surface area contributed by atoms with Gasteiger partial charge in [0.2, 0.25) is 11.8 Å². The Morgan fingerprint density at radius 2 is 1.76 bits per heavy atom. The van der Waals surface area contributed by atoms with Crippen LogP contribution in [-0.2, 0) is 9.59 Å². The van der Waals surface area contributed by atoms with Crippen molar-refractivity contribution in [2.45, 2.75) is 32.8 Å². The lowest BCUT2D eigenvalue weighted by atomic mass is 10.2. The molecule has 0 aromatic heterocycles. The number of nitrogens with zero attached hydrogens (tertiary/aromatic N) is 1. The molecule has 7 nitrogen and oxygen atoms in total. The number of hydrogen-bond donors (Lipinski definition) is 2. The van der Waals surface area contributed by atoms with Gasteiger partial charge in [0.15, 0.2) is 11.5 Å². The highest BCUT2D eigenvalue weighted by atomic mass is 79.9. The number of benzene rings is 2. The van der Waals surface area contributed by atoms with E-state index in [1.54, 1.807) is 31.4 Å². The summed E-state index contributed by atoms with van der Waals surface area (Å²) in [7, 11) is 1.56. The van der Waals surface area contributed by atoms with Crippen LogP contribution in [0, 0.1) is 0 Å². The van der Waals surface area contributed by atoms with E-state index in [-0.39, 0.29) is 30.8 Å². The van der Waals surface area contributed by atoms with E-state index in [1.165, 1.54) is 6.21 Å². The van der Waals surface area contributed by atoms with Gasteiger partial charge in [-0.25, -0.2) is 5.43 Å². The predicted molar refractivity (Wildman–Crippen MR) is 117 cm³/mol. The second-order valence-corrected chi connectivity index (χ2v) is 7.34. The molecule has 2 aromatic rings. The van der Waals surface area contributed by atoms with Crippen molar-refractivity contribution in [1.82, 2.24) is 5.43 Å². The normalized spacial score (nSPS) is 10.8. The molecule has 0 fully saturated rings. The van der Waals surface area contributed by atoms with Crippen LogP contribution in [0.1, 0.15) is 32.3 Å². The Bertz CT molecular complexity index is 867. The average molecular weight is 462 g/mol. The summed E-state index contributed by atoms with van der Waals surface area (Å²) in [5.74, 6) is 0.634. The van der Waals surface area contributed by atoms with Gasteiger partial charge >= 0.3 is 0 Å². The molecule has 29 heavy (non-hydrogen) atoms. The number of carbonyl (C=O) groups is 2. The first-order valence-corrected chi connectivity index (χ1v) is 9.88. The highest BCUT2D eigenvalue weighted by Crippen LogP contribution is 2.28. The average Bonchev–Trinajstić information content (AvgIpc) is 2.69. The second kappa shape index (κ2) is 11.2. The van der Waals surface area contributed by atoms with E-state index in [0.717, 1.165) is 10.0 Å². The van der Waals surface area contributed by atoms with Crippen molar-refractivity contribution < 1.29 is 19.1 Å². The Hall–Kier alpha value is -2.87. The van der Waals surface area contributed by atoms with Crippen molar-refractivity contribution in [2.75, 3.05) is 12.4 Å². The van der Waals surface area contributed by atoms with Crippen LogP contribution in [0.5, 0.6) is 11.5 Å². The molecule has 2 amide bonds. The number of hydrogen-bond acceptors (Lipinski definition) is 5. The Morgan fingerprint density at radius 1 is 1.07 bits per heavy atom. The minimum absolute atomic E-state index is 0.0312. The molecule has 0 spiro atoms. The maximum absolute atomic E-state index is 11.9. The molecule has 0 aliphatic carbocycles. The molecular weight excluding hydrogens is 438 g/mol. The fourth-order valence-electron chi connectivity index (χ4n) is 2.33. The van der Waals surface area contributed by atoms with E-state index >= 15 is 0 Å². The third-order valence-electron chi connectivity index (χ3n) is 3.66. The van der Waals surface area contributed by atoms with Gasteiger partial charge in [-0.3, -0.25) is 9.59 Å². The Morgan fingerprint density at radius 3 is 2.41 bits per heavy atom. The van der Waals surface area contributed by atoms with Gasteiger partial charge in [-0.2, -0.15) is 5.10 Å². The van der Waals surface area contributed by atoms with Crippen molar-refractivity contribution in [1.29, 1.82) is 0 Å². The van der Waals surface area contributed by atoms with Gasteiger partial charge in [-0.05, 0) is 61.9 Å². The number of methoxy groups -OCH3 is 1. The van der Waals surface area contributed by atoms with Crippen LogP contribution in [0.4, 0.5) is 5.69 Å². The highest BCUT2D eigenvalue weighted by molar-refractivity contribution is 9.10. The van der Waals surface area contributed by atoms with E-state index in [4.69, 9.17) is 9.47 Å². The first-order valence-electron chi connectivity index (χ1n) is 9.09. The van der Waals surface area contributed by atoms with Crippen LogP contribution < -0.4 is 20.2 Å². The molecular formula is C21H24BrN3O4. The van der Waals surface area contributed by atoms with Crippen LogP contribution in [-0.4, -0.2) is 31.2 Å². The molecule has 0 saturated carbocycles. The van der Waals surface area contributed by atoms with Crippen molar-refractivity contribution in [3.8, 4) is 11.5 Å². The van der Waals surface area contributed by atoms with Crippen molar-refractivity contribution in [3.63, 3.8) is 0 Å². The fraction of sp³-hybridized carbons (Fsp3) is 0.286. The van der Waals surface area contributed by atoms with Gasteiger partial charge in [-0.1, -0.05) is 15.9 Å². The minimum Gasteiger partial charge on any atom is -0.493 e. The maximum atomic E-state index is 11.9. The zero-order valence-corrected chi connectivity index (χ0v) is 18.2. The third-order valence-corrected chi connectivity index (χ3v) is 4.19. The van der Waals surface area contributed by atoms with Crippen LogP contribution in [0.25, 0.3) is 0 Å². The summed E-state index contributed by atoms with van der Waals surface area (Å²) < 4.78 is 11.9. The monoisotopic (exact) mass is 461 g/mol. The summed E-state index contributed by atoms with van der Waals surface area (Å²) in [6.45, 7) is 3.87. The van der Waals surface area contributed by atoms with E-state index < -0.39 is 0 Å². The van der Waals surface area contributed by atoms with Gasteiger partial charge in [0.25, 0.3) is 0 Å². The van der Waals surface area contributed by atoms with Crippen LogP contribution >= 0.6 is 15.9 Å². The molecule has 8 heteroatoms. The predicted octanol–water partition coefficient (Wildman–Crippen LogP) is 4.11. The van der Waals surface area contributed by atoms with E-state index in [1.807, 2.05) is 32.0 Å². The van der Waals surface area contributed by atoms with E-state index in [0.29, 0.717) is 17.2 Å². The molecule has 2 N–H and O–H groups in total. The number of hydrazone groups is 1. The number of nitrogens with one attached hydrogen (secondary N) is 2. The van der Waals surface area contributed by atoms with Gasteiger partial charge in [0.05, 0.1) is 19.4 Å². The third kappa shape index (κ3) is 7.95. The topological polar surface area (TPSA) is 89.0 Å². The molecule has 0 bridgehead atoms. The lowest BCUT2D eigenvalue weighted by molar-refractivity contribution is -0.124. The van der Waals surface area contributed by atoms with Crippen molar-refractivity contribution in [2.24, 2.45) is 5.10 Å². The van der Waals surface area contributed by atoms with Crippen LogP contribution in [0.3, 0.4) is 0 Å². The summed E-state index contributed by atoms with van der Waals surface area (Å²) in [4.78, 5) is 23.8. The van der Waals surface area contributed by atoms with Gasteiger partial charge in [-0.15, -0.1) is 0 Å². The quantitative estimate of drug-likeness (QED) is 0.434. The SMILES string of the molecule is COc1cc(/C=N/NC(=O)CCC(=O)Nc2ccc(Br)cc2)ccc1OC(C)C. The summed E-state index contributed by atoms with van der Waals surface area (Å²) in [6.07, 6.45) is 1.63. The molecule has 0 atom stereocenters. The first-order chi connectivity index (χ1) is 13.9. The molecule has 154 valence electrons. The largest absolute Gasteiger partial charge is 0.493 e. The highest BCUT2D eigenvalue weighted by Gasteiger charge is 2.08. The zero-order valence-electron chi connectivity index (χ0n) is 16.6. The van der Waals surface area contributed by atoms with E-state index in [9.17, 15) is 9.59 Å². The number of rotatable bonds is 9. The Balaban J connectivity index is 1.80. The molecule has 0 aliphatic rings. The molecule has 0 unspecified atom stereocenters. The number of ether oxygens (including phenoxy) is 2. The van der Waals surface area contributed by atoms with Gasteiger partial charge in [0.1, 0.15) is 0 Å². The Labute approximate surface area is 178 Å². The number of anilines is 1. The molecule has 2 aromatic carbocycles.